The van der Waals surface area contributed by atoms with E-state index < -0.39 is 5.60 Å². The van der Waals surface area contributed by atoms with Gasteiger partial charge in [-0.2, -0.15) is 0 Å². The first-order valence-electron chi connectivity index (χ1n) is 5.44. The van der Waals surface area contributed by atoms with Crippen molar-refractivity contribution in [1.29, 1.82) is 0 Å². The summed E-state index contributed by atoms with van der Waals surface area (Å²) in [7, 11) is 0. The SMILES string of the molecule is OC1(C2=NC=C(Br)C=C=C2)CCC=CCC1. The quantitative estimate of drug-likeness (QED) is 0.580. The van der Waals surface area contributed by atoms with Gasteiger partial charge in [0.1, 0.15) is 5.60 Å². The van der Waals surface area contributed by atoms with Crippen molar-refractivity contribution in [3.63, 3.8) is 0 Å². The van der Waals surface area contributed by atoms with E-state index in [1.807, 2.05) is 0 Å². The molecule has 16 heavy (non-hydrogen) atoms. The van der Waals surface area contributed by atoms with Gasteiger partial charge in [-0.15, -0.1) is 5.73 Å². The summed E-state index contributed by atoms with van der Waals surface area (Å²) in [4.78, 5) is 4.32. The molecule has 1 aliphatic heterocycles. The molecule has 2 nitrogen and oxygen atoms in total. The number of halogens is 1. The lowest BCUT2D eigenvalue weighted by molar-refractivity contribution is 0.0979. The third-order valence-electron chi connectivity index (χ3n) is 2.86. The number of hydrogen-bond acceptors (Lipinski definition) is 2. The third-order valence-corrected chi connectivity index (χ3v) is 3.29. The summed E-state index contributed by atoms with van der Waals surface area (Å²) in [6.07, 6.45) is 12.8. The highest BCUT2D eigenvalue weighted by atomic mass is 79.9. The Bertz CT molecular complexity index is 415. The summed E-state index contributed by atoms with van der Waals surface area (Å²) in [5.41, 5.74) is 2.92. The van der Waals surface area contributed by atoms with E-state index in [9.17, 15) is 5.11 Å². The first-order chi connectivity index (χ1) is 7.71. The standard InChI is InChI=1S/C13H14BrNO/c14-11-6-5-7-12(15-10-11)13(16)8-3-1-2-4-9-13/h1-2,6-7,10,16H,3-4,8-9H2. The summed E-state index contributed by atoms with van der Waals surface area (Å²) < 4.78 is 0.870. The van der Waals surface area contributed by atoms with Crippen LogP contribution in [-0.2, 0) is 0 Å². The second-order valence-electron chi connectivity index (χ2n) is 4.06. The molecular weight excluding hydrogens is 266 g/mol. The molecule has 0 fully saturated rings. The number of nitrogens with zero attached hydrogens (tertiary/aromatic N) is 1. The normalized spacial score (nSPS) is 23.4. The molecule has 1 N–H and O–H groups in total. The van der Waals surface area contributed by atoms with Crippen LogP contribution in [0.25, 0.3) is 0 Å². The maximum atomic E-state index is 10.6. The van der Waals surface area contributed by atoms with E-state index in [2.05, 4.69) is 38.8 Å². The molecule has 0 aromatic rings. The second kappa shape index (κ2) is 4.96. The summed E-state index contributed by atoms with van der Waals surface area (Å²) in [5.74, 6) is 0. The van der Waals surface area contributed by atoms with Gasteiger partial charge in [-0.05, 0) is 47.7 Å². The highest BCUT2D eigenvalue weighted by Gasteiger charge is 2.31. The van der Waals surface area contributed by atoms with Crippen LogP contribution in [0.1, 0.15) is 25.7 Å². The van der Waals surface area contributed by atoms with Crippen LogP contribution in [0, 0.1) is 0 Å². The van der Waals surface area contributed by atoms with Crippen molar-refractivity contribution in [2.75, 3.05) is 0 Å². The van der Waals surface area contributed by atoms with Crippen molar-refractivity contribution >= 4 is 21.6 Å². The predicted octanol–water partition coefficient (Wildman–Crippen LogP) is 3.25. The Kier molecular flexibility index (Phi) is 3.59. The van der Waals surface area contributed by atoms with Crippen LogP contribution < -0.4 is 0 Å². The molecule has 0 amide bonds. The minimum absolute atomic E-state index is 0.710. The fraction of sp³-hybridized carbons (Fsp3) is 0.385. The largest absolute Gasteiger partial charge is 0.384 e. The molecule has 1 heterocycles. The molecule has 0 atom stereocenters. The minimum Gasteiger partial charge on any atom is -0.384 e. The highest BCUT2D eigenvalue weighted by molar-refractivity contribution is 9.11. The Morgan fingerprint density at radius 3 is 2.62 bits per heavy atom. The van der Waals surface area contributed by atoms with Crippen LogP contribution in [0.15, 0.2) is 45.7 Å². The average Bonchev–Trinajstić information content (AvgIpc) is 2.60. The van der Waals surface area contributed by atoms with Gasteiger partial charge < -0.3 is 5.11 Å². The first-order valence-corrected chi connectivity index (χ1v) is 6.24. The van der Waals surface area contributed by atoms with E-state index in [0.717, 1.165) is 30.2 Å². The molecule has 0 saturated carbocycles. The van der Waals surface area contributed by atoms with Gasteiger partial charge in [0.2, 0.25) is 0 Å². The van der Waals surface area contributed by atoms with Gasteiger partial charge in [0, 0.05) is 16.8 Å². The Hall–Kier alpha value is -0.890. The van der Waals surface area contributed by atoms with E-state index in [1.165, 1.54) is 0 Å². The van der Waals surface area contributed by atoms with Crippen molar-refractivity contribution in [3.05, 3.63) is 40.7 Å². The van der Waals surface area contributed by atoms with Gasteiger partial charge in [-0.3, -0.25) is 4.99 Å². The van der Waals surface area contributed by atoms with Gasteiger partial charge in [0.15, 0.2) is 0 Å². The van der Waals surface area contributed by atoms with Gasteiger partial charge in [0.05, 0.1) is 5.71 Å². The zero-order valence-electron chi connectivity index (χ0n) is 8.99. The maximum Gasteiger partial charge on any atom is 0.108 e. The van der Waals surface area contributed by atoms with E-state index >= 15 is 0 Å². The van der Waals surface area contributed by atoms with Crippen molar-refractivity contribution in [2.24, 2.45) is 4.99 Å². The summed E-state index contributed by atoms with van der Waals surface area (Å²) in [5, 5.41) is 10.6. The zero-order chi connectivity index (χ0) is 11.4. The summed E-state index contributed by atoms with van der Waals surface area (Å²) in [6.45, 7) is 0. The van der Waals surface area contributed by atoms with Crippen LogP contribution in [-0.4, -0.2) is 16.4 Å². The van der Waals surface area contributed by atoms with Crippen molar-refractivity contribution in [3.8, 4) is 0 Å². The van der Waals surface area contributed by atoms with Gasteiger partial charge in [0.25, 0.3) is 0 Å². The fourth-order valence-electron chi connectivity index (χ4n) is 1.92. The topological polar surface area (TPSA) is 32.6 Å². The smallest absolute Gasteiger partial charge is 0.108 e. The average molecular weight is 280 g/mol. The van der Waals surface area contributed by atoms with Gasteiger partial charge >= 0.3 is 0 Å². The van der Waals surface area contributed by atoms with Crippen LogP contribution in [0.2, 0.25) is 0 Å². The van der Waals surface area contributed by atoms with Crippen LogP contribution in [0.5, 0.6) is 0 Å². The Balaban J connectivity index is 2.27. The van der Waals surface area contributed by atoms with Crippen molar-refractivity contribution in [2.45, 2.75) is 31.3 Å². The third kappa shape index (κ3) is 2.62. The number of allylic oxidation sites excluding steroid dienone is 3. The molecule has 2 rings (SSSR count). The van der Waals surface area contributed by atoms with Crippen LogP contribution in [0.4, 0.5) is 0 Å². The van der Waals surface area contributed by atoms with Crippen molar-refractivity contribution in [1.82, 2.24) is 0 Å². The molecule has 84 valence electrons. The van der Waals surface area contributed by atoms with Gasteiger partial charge in [-0.1, -0.05) is 12.2 Å². The monoisotopic (exact) mass is 279 g/mol. The van der Waals surface area contributed by atoms with E-state index in [0.29, 0.717) is 5.71 Å². The molecule has 2 aliphatic rings. The Morgan fingerprint density at radius 2 is 1.94 bits per heavy atom. The Morgan fingerprint density at radius 1 is 1.25 bits per heavy atom. The molecule has 0 unspecified atom stereocenters. The summed E-state index contributed by atoms with van der Waals surface area (Å²) in [6, 6.07) is 0. The van der Waals surface area contributed by atoms with E-state index in [4.69, 9.17) is 0 Å². The van der Waals surface area contributed by atoms with E-state index in [1.54, 1.807) is 18.4 Å². The highest BCUT2D eigenvalue weighted by Crippen LogP contribution is 2.26. The molecule has 0 aromatic heterocycles. The van der Waals surface area contributed by atoms with Crippen LogP contribution in [0.3, 0.4) is 0 Å². The lowest BCUT2D eigenvalue weighted by Gasteiger charge is -2.26. The number of hydrogen-bond donors (Lipinski definition) is 1. The van der Waals surface area contributed by atoms with Crippen LogP contribution >= 0.6 is 15.9 Å². The first kappa shape index (κ1) is 11.6. The molecule has 0 aromatic carbocycles. The zero-order valence-corrected chi connectivity index (χ0v) is 10.6. The Labute approximate surface area is 104 Å². The molecule has 0 radical (unpaired) electrons. The van der Waals surface area contributed by atoms with Gasteiger partial charge in [-0.25, -0.2) is 0 Å². The molecular formula is C13H14BrNO. The lowest BCUT2D eigenvalue weighted by atomic mass is 9.88. The number of rotatable bonds is 1. The number of aliphatic imine (C=N–C) groups is 1. The second-order valence-corrected chi connectivity index (χ2v) is 4.98. The van der Waals surface area contributed by atoms with Crippen molar-refractivity contribution < 1.29 is 5.11 Å². The fourth-order valence-corrected chi connectivity index (χ4v) is 2.16. The minimum atomic E-state index is -0.807. The number of aliphatic hydroxyl groups is 1. The summed E-state index contributed by atoms with van der Waals surface area (Å²) >= 11 is 3.34. The maximum absolute atomic E-state index is 10.6. The molecule has 1 aliphatic carbocycles. The molecule has 3 heteroatoms. The van der Waals surface area contributed by atoms with E-state index in [-0.39, 0.29) is 0 Å². The molecule has 0 spiro atoms. The predicted molar refractivity (Wildman–Crippen MR) is 69.7 cm³/mol. The lowest BCUT2D eigenvalue weighted by Crippen LogP contribution is -2.36. The molecule has 0 saturated heterocycles. The molecule has 0 bridgehead atoms.